The van der Waals surface area contributed by atoms with Crippen molar-refractivity contribution in [2.75, 3.05) is 28.8 Å². The Labute approximate surface area is 106 Å². The van der Waals surface area contributed by atoms with E-state index in [1.807, 2.05) is 0 Å². The molecule has 15 heavy (non-hydrogen) atoms. The van der Waals surface area contributed by atoms with Gasteiger partial charge in [0.25, 0.3) is 0 Å². The summed E-state index contributed by atoms with van der Waals surface area (Å²) in [6.07, 6.45) is 6.56. The minimum absolute atomic E-state index is 0.316. The third-order valence-corrected chi connectivity index (χ3v) is 6.66. The average Bonchev–Trinajstić information content (AvgIpc) is 2.60. The van der Waals surface area contributed by atoms with E-state index >= 15 is 0 Å². The molecule has 1 fully saturated rings. The summed E-state index contributed by atoms with van der Waals surface area (Å²) in [4.78, 5) is 0. The highest BCUT2D eigenvalue weighted by Gasteiger charge is 2.32. The van der Waals surface area contributed by atoms with Gasteiger partial charge in [0.2, 0.25) is 0 Å². The number of hydrogen-bond acceptors (Lipinski definition) is 3. The molecule has 0 saturated heterocycles. The molecule has 90 valence electrons. The third-order valence-electron chi connectivity index (χ3n) is 2.95. The summed E-state index contributed by atoms with van der Waals surface area (Å²) in [5.41, 5.74) is 0.447. The molecular weight excluding hydrogens is 296 g/mol. The SMILES string of the molecule is CS(=O)(=O)CCSCC1(CBr)CCCC1. The zero-order valence-electron chi connectivity index (χ0n) is 9.17. The van der Waals surface area contributed by atoms with Crippen LogP contribution in [0.3, 0.4) is 0 Å². The van der Waals surface area contributed by atoms with Crippen LogP contribution in [0, 0.1) is 5.41 Å². The Kier molecular flexibility index (Phi) is 5.46. The molecule has 0 aromatic heterocycles. The minimum atomic E-state index is -2.78. The Hall–Kier alpha value is 0.780. The van der Waals surface area contributed by atoms with Crippen LogP contribution < -0.4 is 0 Å². The van der Waals surface area contributed by atoms with Gasteiger partial charge in [0.05, 0.1) is 5.75 Å². The van der Waals surface area contributed by atoms with Gasteiger partial charge in [-0.05, 0) is 24.0 Å². The summed E-state index contributed by atoms with van der Waals surface area (Å²) in [5.74, 6) is 2.16. The van der Waals surface area contributed by atoms with Gasteiger partial charge in [-0.3, -0.25) is 0 Å². The van der Waals surface area contributed by atoms with Crippen molar-refractivity contribution in [2.45, 2.75) is 25.7 Å². The van der Waals surface area contributed by atoms with E-state index in [9.17, 15) is 8.42 Å². The van der Waals surface area contributed by atoms with Gasteiger partial charge in [0.1, 0.15) is 9.84 Å². The van der Waals surface area contributed by atoms with Crippen LogP contribution in [0.5, 0.6) is 0 Å². The largest absolute Gasteiger partial charge is 0.229 e. The lowest BCUT2D eigenvalue weighted by atomic mass is 9.92. The molecule has 0 aromatic carbocycles. The second-order valence-electron chi connectivity index (χ2n) is 4.52. The molecule has 2 nitrogen and oxygen atoms in total. The van der Waals surface area contributed by atoms with Gasteiger partial charge in [-0.2, -0.15) is 11.8 Å². The fourth-order valence-corrected chi connectivity index (χ4v) is 5.61. The standard InChI is InChI=1S/C10H19BrO2S2/c1-15(12,13)7-6-14-9-10(8-11)4-2-3-5-10/h2-9H2,1H3. The zero-order chi connectivity index (χ0) is 11.4. The highest BCUT2D eigenvalue weighted by molar-refractivity contribution is 9.09. The number of hydrogen-bond donors (Lipinski definition) is 0. The highest BCUT2D eigenvalue weighted by atomic mass is 79.9. The first-order chi connectivity index (χ1) is 6.97. The molecule has 0 radical (unpaired) electrons. The Morgan fingerprint density at radius 2 is 1.93 bits per heavy atom. The van der Waals surface area contributed by atoms with Crippen molar-refractivity contribution in [2.24, 2.45) is 5.41 Å². The molecule has 0 atom stereocenters. The summed E-state index contributed by atoms with van der Waals surface area (Å²) < 4.78 is 21.9. The molecule has 0 spiro atoms. The maximum atomic E-state index is 11.0. The smallest absolute Gasteiger partial charge is 0.148 e. The maximum absolute atomic E-state index is 11.0. The number of sulfone groups is 1. The van der Waals surface area contributed by atoms with Crippen LogP contribution >= 0.6 is 27.7 Å². The summed E-state index contributed by atoms with van der Waals surface area (Å²) in [7, 11) is -2.78. The van der Waals surface area contributed by atoms with E-state index in [4.69, 9.17) is 0 Å². The van der Waals surface area contributed by atoms with E-state index < -0.39 is 9.84 Å². The third kappa shape index (κ3) is 5.09. The highest BCUT2D eigenvalue weighted by Crippen LogP contribution is 2.41. The van der Waals surface area contributed by atoms with Gasteiger partial charge < -0.3 is 0 Å². The van der Waals surface area contributed by atoms with E-state index in [1.54, 1.807) is 11.8 Å². The number of halogens is 1. The van der Waals surface area contributed by atoms with E-state index in [0.29, 0.717) is 11.2 Å². The molecule has 1 aliphatic rings. The molecule has 1 saturated carbocycles. The van der Waals surface area contributed by atoms with Gasteiger partial charge in [-0.25, -0.2) is 8.42 Å². The quantitative estimate of drug-likeness (QED) is 0.558. The van der Waals surface area contributed by atoms with Crippen LogP contribution in [0.4, 0.5) is 0 Å². The first kappa shape index (κ1) is 13.8. The van der Waals surface area contributed by atoms with Gasteiger partial charge >= 0.3 is 0 Å². The normalized spacial score (nSPS) is 20.7. The zero-order valence-corrected chi connectivity index (χ0v) is 12.4. The lowest BCUT2D eigenvalue weighted by molar-refractivity contribution is 0.405. The molecule has 0 N–H and O–H groups in total. The van der Waals surface area contributed by atoms with Crippen LogP contribution in [0.2, 0.25) is 0 Å². The summed E-state index contributed by atoms with van der Waals surface area (Å²) >= 11 is 5.39. The monoisotopic (exact) mass is 314 g/mol. The van der Waals surface area contributed by atoms with Crippen LogP contribution in [-0.2, 0) is 9.84 Å². The molecule has 1 rings (SSSR count). The summed E-state index contributed by atoms with van der Waals surface area (Å²) in [6.45, 7) is 0. The molecule has 0 aliphatic heterocycles. The van der Waals surface area contributed by atoms with Crippen molar-refractivity contribution in [3.05, 3.63) is 0 Å². The molecule has 0 aromatic rings. The topological polar surface area (TPSA) is 34.1 Å². The Morgan fingerprint density at radius 1 is 1.33 bits per heavy atom. The van der Waals surface area contributed by atoms with Crippen molar-refractivity contribution in [3.8, 4) is 0 Å². The van der Waals surface area contributed by atoms with Crippen LogP contribution in [0.1, 0.15) is 25.7 Å². The second kappa shape index (κ2) is 5.92. The summed E-state index contributed by atoms with van der Waals surface area (Å²) in [6, 6.07) is 0. The first-order valence-corrected chi connectivity index (χ1v) is 9.63. The molecule has 0 bridgehead atoms. The number of rotatable bonds is 6. The Morgan fingerprint density at radius 3 is 2.40 bits per heavy atom. The molecule has 0 amide bonds. The first-order valence-electron chi connectivity index (χ1n) is 5.29. The van der Waals surface area contributed by atoms with E-state index in [0.717, 1.165) is 16.8 Å². The Balaban J connectivity index is 2.24. The maximum Gasteiger partial charge on any atom is 0.148 e. The van der Waals surface area contributed by atoms with Crippen LogP contribution in [0.15, 0.2) is 0 Å². The molecule has 0 heterocycles. The molecule has 0 unspecified atom stereocenters. The predicted octanol–water partition coefficient (Wildman–Crippen LogP) is 2.72. The lowest BCUT2D eigenvalue weighted by Gasteiger charge is -2.25. The van der Waals surface area contributed by atoms with Crippen LogP contribution in [-0.4, -0.2) is 37.3 Å². The van der Waals surface area contributed by atoms with Gasteiger partial charge in [-0.1, -0.05) is 28.8 Å². The van der Waals surface area contributed by atoms with Gasteiger partial charge in [-0.15, -0.1) is 0 Å². The van der Waals surface area contributed by atoms with Crippen molar-refractivity contribution in [3.63, 3.8) is 0 Å². The lowest BCUT2D eigenvalue weighted by Crippen LogP contribution is -2.22. The van der Waals surface area contributed by atoms with E-state index in [-0.39, 0.29) is 0 Å². The second-order valence-corrected chi connectivity index (χ2v) is 8.45. The van der Waals surface area contributed by atoms with Gasteiger partial charge in [0, 0.05) is 17.3 Å². The van der Waals surface area contributed by atoms with Crippen molar-refractivity contribution in [1.29, 1.82) is 0 Å². The fourth-order valence-electron chi connectivity index (χ4n) is 1.94. The van der Waals surface area contributed by atoms with Crippen molar-refractivity contribution < 1.29 is 8.42 Å². The predicted molar refractivity (Wildman–Crippen MR) is 71.7 cm³/mol. The fraction of sp³-hybridized carbons (Fsp3) is 1.00. The molecular formula is C10H19BrO2S2. The van der Waals surface area contributed by atoms with E-state index in [2.05, 4.69) is 15.9 Å². The molecule has 5 heteroatoms. The molecule has 1 aliphatic carbocycles. The summed E-state index contributed by atoms with van der Waals surface area (Å²) in [5, 5.41) is 1.06. The van der Waals surface area contributed by atoms with E-state index in [1.165, 1.54) is 31.9 Å². The van der Waals surface area contributed by atoms with Crippen LogP contribution in [0.25, 0.3) is 0 Å². The number of thioether (sulfide) groups is 1. The average molecular weight is 315 g/mol. The van der Waals surface area contributed by atoms with Crippen molar-refractivity contribution >= 4 is 37.5 Å². The Bertz CT molecular complexity index is 282. The van der Waals surface area contributed by atoms with Crippen molar-refractivity contribution in [1.82, 2.24) is 0 Å². The minimum Gasteiger partial charge on any atom is -0.229 e. The number of alkyl halides is 1. The van der Waals surface area contributed by atoms with Gasteiger partial charge in [0.15, 0.2) is 0 Å².